The van der Waals surface area contributed by atoms with Gasteiger partial charge in [0, 0.05) is 0 Å². The molecule has 0 aliphatic heterocycles. The van der Waals surface area contributed by atoms with E-state index in [0.717, 1.165) is 10.1 Å². The van der Waals surface area contributed by atoms with Gasteiger partial charge in [-0.15, -0.1) is 0 Å². The maximum atomic E-state index is 5.61. The molecule has 0 amide bonds. The summed E-state index contributed by atoms with van der Waals surface area (Å²) in [6.07, 6.45) is 0. The van der Waals surface area contributed by atoms with Gasteiger partial charge < -0.3 is 4.98 Å². The van der Waals surface area contributed by atoms with E-state index in [1.807, 2.05) is 12.1 Å². The van der Waals surface area contributed by atoms with Crippen LogP contribution in [0.2, 0.25) is 5.28 Å². The SMILES string of the molecule is Clc1nc2nc(Br)ccc2[nH]1. The average Bonchev–Trinajstić information content (AvgIpc) is 2.27. The minimum atomic E-state index is 0.366. The van der Waals surface area contributed by atoms with E-state index in [1.165, 1.54) is 0 Å². The van der Waals surface area contributed by atoms with Crippen LogP contribution in [0.25, 0.3) is 11.2 Å². The molecule has 0 aliphatic carbocycles. The van der Waals surface area contributed by atoms with Gasteiger partial charge in [-0.2, -0.15) is 4.98 Å². The van der Waals surface area contributed by atoms with Crippen molar-refractivity contribution in [3.63, 3.8) is 0 Å². The lowest BCUT2D eigenvalue weighted by Gasteiger charge is -1.86. The fourth-order valence-corrected chi connectivity index (χ4v) is 1.32. The number of fused-ring (bicyclic) bond motifs is 1. The number of halogens is 2. The van der Waals surface area contributed by atoms with E-state index in [0.29, 0.717) is 10.9 Å². The third-order valence-corrected chi connectivity index (χ3v) is 1.90. The molecule has 0 saturated carbocycles. The molecule has 2 rings (SSSR count). The Morgan fingerprint density at radius 3 is 3.00 bits per heavy atom. The number of H-pyrrole nitrogens is 1. The molecule has 0 unspecified atom stereocenters. The van der Waals surface area contributed by atoms with Crippen molar-refractivity contribution >= 4 is 38.7 Å². The van der Waals surface area contributed by atoms with Crippen LogP contribution in [0.5, 0.6) is 0 Å². The Balaban J connectivity index is 2.82. The third-order valence-electron chi connectivity index (χ3n) is 1.28. The number of nitrogens with zero attached hydrogens (tertiary/aromatic N) is 2. The minimum Gasteiger partial charge on any atom is -0.327 e. The van der Waals surface area contributed by atoms with Crippen molar-refractivity contribution < 1.29 is 0 Å². The van der Waals surface area contributed by atoms with Crippen molar-refractivity contribution in [1.29, 1.82) is 0 Å². The Kier molecular flexibility index (Phi) is 1.58. The lowest BCUT2D eigenvalue weighted by molar-refractivity contribution is 1.28. The average molecular weight is 232 g/mol. The highest BCUT2D eigenvalue weighted by molar-refractivity contribution is 9.10. The largest absolute Gasteiger partial charge is 0.327 e. The highest BCUT2D eigenvalue weighted by atomic mass is 79.9. The highest BCUT2D eigenvalue weighted by Crippen LogP contribution is 2.15. The van der Waals surface area contributed by atoms with E-state index in [-0.39, 0.29) is 0 Å². The molecular weight excluding hydrogens is 229 g/mol. The van der Waals surface area contributed by atoms with Gasteiger partial charge in [-0.25, -0.2) is 4.98 Å². The molecule has 0 radical (unpaired) electrons. The second kappa shape index (κ2) is 2.46. The van der Waals surface area contributed by atoms with Crippen LogP contribution in [-0.4, -0.2) is 15.0 Å². The molecule has 0 bridgehead atoms. The van der Waals surface area contributed by atoms with E-state index in [9.17, 15) is 0 Å². The number of aromatic nitrogens is 3. The first-order valence-electron chi connectivity index (χ1n) is 2.93. The Labute approximate surface area is 75.9 Å². The zero-order valence-corrected chi connectivity index (χ0v) is 7.65. The first-order chi connectivity index (χ1) is 5.25. The second-order valence-electron chi connectivity index (χ2n) is 2.03. The van der Waals surface area contributed by atoms with Gasteiger partial charge in [-0.05, 0) is 39.7 Å². The fourth-order valence-electron chi connectivity index (χ4n) is 0.840. The van der Waals surface area contributed by atoms with Gasteiger partial charge in [-0.1, -0.05) is 0 Å². The number of hydrogen-bond acceptors (Lipinski definition) is 2. The van der Waals surface area contributed by atoms with Crippen molar-refractivity contribution in [2.75, 3.05) is 0 Å². The van der Waals surface area contributed by atoms with E-state index in [4.69, 9.17) is 11.6 Å². The number of nitrogens with one attached hydrogen (secondary N) is 1. The van der Waals surface area contributed by atoms with Gasteiger partial charge in [0.05, 0.1) is 5.52 Å². The van der Waals surface area contributed by atoms with Gasteiger partial charge >= 0.3 is 0 Å². The summed E-state index contributed by atoms with van der Waals surface area (Å²) < 4.78 is 0.758. The van der Waals surface area contributed by atoms with Gasteiger partial charge in [-0.3, -0.25) is 0 Å². The summed E-state index contributed by atoms with van der Waals surface area (Å²) in [5.74, 6) is 0. The number of aromatic amines is 1. The van der Waals surface area contributed by atoms with Crippen molar-refractivity contribution in [2.24, 2.45) is 0 Å². The van der Waals surface area contributed by atoms with Crippen LogP contribution in [0.3, 0.4) is 0 Å². The standard InChI is InChI=1S/C6H3BrClN3/c7-4-2-1-3-5(10-4)11-6(8)9-3/h1-2H,(H,9,10,11). The number of pyridine rings is 1. The van der Waals surface area contributed by atoms with Crippen LogP contribution in [0, 0.1) is 0 Å². The molecule has 1 N–H and O–H groups in total. The molecular formula is C6H3BrClN3. The van der Waals surface area contributed by atoms with Crippen molar-refractivity contribution in [3.8, 4) is 0 Å². The minimum absolute atomic E-state index is 0.366. The smallest absolute Gasteiger partial charge is 0.202 e. The third kappa shape index (κ3) is 1.23. The lowest BCUT2D eigenvalue weighted by Crippen LogP contribution is -1.76. The second-order valence-corrected chi connectivity index (χ2v) is 3.20. The Morgan fingerprint density at radius 2 is 2.18 bits per heavy atom. The Bertz CT molecular complexity index is 398. The monoisotopic (exact) mass is 231 g/mol. The molecule has 2 heterocycles. The van der Waals surface area contributed by atoms with Crippen LogP contribution in [0.15, 0.2) is 16.7 Å². The highest BCUT2D eigenvalue weighted by Gasteiger charge is 2.00. The van der Waals surface area contributed by atoms with Crippen molar-refractivity contribution in [1.82, 2.24) is 15.0 Å². The van der Waals surface area contributed by atoms with E-state index >= 15 is 0 Å². The summed E-state index contributed by atoms with van der Waals surface area (Å²) in [4.78, 5) is 10.9. The molecule has 3 nitrogen and oxygen atoms in total. The van der Waals surface area contributed by atoms with Crippen LogP contribution >= 0.6 is 27.5 Å². The van der Waals surface area contributed by atoms with E-state index < -0.39 is 0 Å². The van der Waals surface area contributed by atoms with E-state index in [2.05, 4.69) is 30.9 Å². The predicted molar refractivity (Wildman–Crippen MR) is 46.6 cm³/mol. The van der Waals surface area contributed by atoms with Gasteiger partial charge in [0.25, 0.3) is 0 Å². The quantitative estimate of drug-likeness (QED) is 0.709. The molecule has 2 aromatic heterocycles. The summed E-state index contributed by atoms with van der Waals surface area (Å²) in [5.41, 5.74) is 1.47. The van der Waals surface area contributed by atoms with Crippen molar-refractivity contribution in [3.05, 3.63) is 22.0 Å². The first-order valence-corrected chi connectivity index (χ1v) is 4.10. The summed E-state index contributed by atoms with van der Waals surface area (Å²) in [5, 5.41) is 0.366. The summed E-state index contributed by atoms with van der Waals surface area (Å²) in [6.45, 7) is 0. The van der Waals surface area contributed by atoms with Gasteiger partial charge in [0.1, 0.15) is 4.60 Å². The van der Waals surface area contributed by atoms with Crippen LogP contribution in [0.1, 0.15) is 0 Å². The molecule has 0 spiro atoms. The molecule has 0 aliphatic rings. The zero-order chi connectivity index (χ0) is 7.84. The summed E-state index contributed by atoms with van der Waals surface area (Å²) >= 11 is 8.85. The molecule has 0 saturated heterocycles. The molecule has 56 valence electrons. The van der Waals surface area contributed by atoms with Gasteiger partial charge in [0.2, 0.25) is 5.28 Å². The lowest BCUT2D eigenvalue weighted by atomic mass is 10.4. The molecule has 5 heteroatoms. The number of imidazole rings is 1. The van der Waals surface area contributed by atoms with Crippen LogP contribution in [0.4, 0.5) is 0 Å². The fraction of sp³-hybridized carbons (Fsp3) is 0. The van der Waals surface area contributed by atoms with E-state index in [1.54, 1.807) is 0 Å². The maximum absolute atomic E-state index is 5.61. The zero-order valence-electron chi connectivity index (χ0n) is 5.31. The maximum Gasteiger partial charge on any atom is 0.202 e. The predicted octanol–water partition coefficient (Wildman–Crippen LogP) is 2.37. The Morgan fingerprint density at radius 1 is 1.36 bits per heavy atom. The topological polar surface area (TPSA) is 41.6 Å². The molecule has 11 heavy (non-hydrogen) atoms. The summed E-state index contributed by atoms with van der Waals surface area (Å²) in [7, 11) is 0. The molecule has 2 aromatic rings. The number of hydrogen-bond donors (Lipinski definition) is 1. The molecule has 0 atom stereocenters. The van der Waals surface area contributed by atoms with Crippen LogP contribution in [-0.2, 0) is 0 Å². The summed E-state index contributed by atoms with van der Waals surface area (Å²) in [6, 6.07) is 3.70. The van der Waals surface area contributed by atoms with Crippen LogP contribution < -0.4 is 0 Å². The van der Waals surface area contributed by atoms with Crippen molar-refractivity contribution in [2.45, 2.75) is 0 Å². The first kappa shape index (κ1) is 7.06. The number of rotatable bonds is 0. The van der Waals surface area contributed by atoms with Gasteiger partial charge in [0.15, 0.2) is 5.65 Å². The molecule has 0 aromatic carbocycles. The Hall–Kier alpha value is -0.610. The normalized spacial score (nSPS) is 10.7. The molecule has 0 fully saturated rings.